The van der Waals surface area contributed by atoms with Gasteiger partial charge in [0.25, 0.3) is 0 Å². The number of nitrogens with zero attached hydrogens (tertiary/aromatic N) is 1. The summed E-state index contributed by atoms with van der Waals surface area (Å²) in [6.45, 7) is 25.4. The van der Waals surface area contributed by atoms with Gasteiger partial charge in [0.1, 0.15) is 0 Å². The molecule has 1 aliphatic heterocycles. The lowest BCUT2D eigenvalue weighted by molar-refractivity contribution is -0.138. The highest BCUT2D eigenvalue weighted by atomic mass is 16.2. The Balaban J connectivity index is 3.58. The first-order valence-electron chi connectivity index (χ1n) is 10.1. The maximum absolute atomic E-state index is 13.3. The van der Waals surface area contributed by atoms with Crippen molar-refractivity contribution in [2.75, 3.05) is 0 Å². The van der Waals surface area contributed by atoms with Crippen LogP contribution in [0.25, 0.3) is 0 Å². The lowest BCUT2D eigenvalue weighted by Crippen LogP contribution is -2.52. The van der Waals surface area contributed by atoms with Crippen LogP contribution in [-0.4, -0.2) is 22.9 Å². The van der Waals surface area contributed by atoms with Gasteiger partial charge in [-0.2, -0.15) is 0 Å². The van der Waals surface area contributed by atoms with E-state index in [1.165, 1.54) is 0 Å². The summed E-state index contributed by atoms with van der Waals surface area (Å²) in [5.41, 5.74) is 0.159. The number of amides is 1. The molecule has 1 heterocycles. The molecule has 1 fully saturated rings. The number of hydrogen-bond donors (Lipinski definition) is 0. The molecular formula is C22H43NO. The SMILES string of the molecule is CC(C)C1C(C(C)C)C(C(C)(C)C)CC(=O)N(C(C)C)C1C(C)C. The summed E-state index contributed by atoms with van der Waals surface area (Å²) in [6, 6.07) is 0.620. The van der Waals surface area contributed by atoms with E-state index in [2.05, 4.69) is 81.1 Å². The predicted molar refractivity (Wildman–Crippen MR) is 105 cm³/mol. The summed E-state index contributed by atoms with van der Waals surface area (Å²) in [5.74, 6) is 3.64. The van der Waals surface area contributed by atoms with Gasteiger partial charge in [0.2, 0.25) is 5.91 Å². The molecule has 0 radical (unpaired) electrons. The van der Waals surface area contributed by atoms with Gasteiger partial charge in [0.15, 0.2) is 0 Å². The smallest absolute Gasteiger partial charge is 0.223 e. The van der Waals surface area contributed by atoms with Crippen molar-refractivity contribution in [1.29, 1.82) is 0 Å². The van der Waals surface area contributed by atoms with Gasteiger partial charge in [0.05, 0.1) is 0 Å². The molecule has 1 aliphatic rings. The Bertz CT molecular complexity index is 416. The summed E-state index contributed by atoms with van der Waals surface area (Å²) >= 11 is 0. The van der Waals surface area contributed by atoms with Crippen molar-refractivity contribution >= 4 is 5.91 Å². The molecule has 0 bridgehead atoms. The highest BCUT2D eigenvalue weighted by Crippen LogP contribution is 2.49. The van der Waals surface area contributed by atoms with Crippen LogP contribution in [0.1, 0.15) is 82.6 Å². The molecular weight excluding hydrogens is 294 g/mol. The van der Waals surface area contributed by atoms with E-state index in [1.54, 1.807) is 0 Å². The minimum absolute atomic E-state index is 0.159. The molecule has 0 aromatic rings. The van der Waals surface area contributed by atoms with Crippen molar-refractivity contribution in [2.24, 2.45) is 40.9 Å². The van der Waals surface area contributed by atoms with Gasteiger partial charge in [-0.3, -0.25) is 4.79 Å². The Kier molecular flexibility index (Phi) is 6.98. The molecule has 1 saturated heterocycles. The number of hydrogen-bond acceptors (Lipinski definition) is 1. The molecule has 142 valence electrons. The summed E-state index contributed by atoms with van der Waals surface area (Å²) in [6.07, 6.45) is 0.705. The summed E-state index contributed by atoms with van der Waals surface area (Å²) in [7, 11) is 0. The average Bonchev–Trinajstić information content (AvgIpc) is 2.51. The summed E-state index contributed by atoms with van der Waals surface area (Å²) < 4.78 is 0. The predicted octanol–water partition coefficient (Wildman–Crippen LogP) is 5.86. The van der Waals surface area contributed by atoms with Crippen molar-refractivity contribution in [3.63, 3.8) is 0 Å². The van der Waals surface area contributed by atoms with E-state index in [-0.39, 0.29) is 11.5 Å². The molecule has 0 aromatic carbocycles. The quantitative estimate of drug-likeness (QED) is 0.629. The van der Waals surface area contributed by atoms with E-state index in [0.29, 0.717) is 53.9 Å². The van der Waals surface area contributed by atoms with Crippen LogP contribution in [0.3, 0.4) is 0 Å². The molecule has 1 amide bonds. The van der Waals surface area contributed by atoms with E-state index >= 15 is 0 Å². The minimum atomic E-state index is 0.159. The standard InChI is InChI=1S/C22H43NO/c1-13(2)19-17(22(9,10)11)12-18(24)23(16(7)8)21(15(5)6)20(19)14(3)4/h13-17,19-21H,12H2,1-11H3. The molecule has 4 unspecified atom stereocenters. The monoisotopic (exact) mass is 337 g/mol. The maximum Gasteiger partial charge on any atom is 0.223 e. The number of carbonyl (C=O) groups is 1. The van der Waals surface area contributed by atoms with Crippen LogP contribution in [0.2, 0.25) is 0 Å². The average molecular weight is 338 g/mol. The molecule has 0 aromatic heterocycles. The van der Waals surface area contributed by atoms with Crippen molar-refractivity contribution < 1.29 is 4.79 Å². The van der Waals surface area contributed by atoms with Gasteiger partial charge in [-0.1, -0.05) is 62.3 Å². The summed E-state index contributed by atoms with van der Waals surface area (Å²) in [5, 5.41) is 0. The third-order valence-corrected chi connectivity index (χ3v) is 6.20. The van der Waals surface area contributed by atoms with Crippen LogP contribution in [0.4, 0.5) is 0 Å². The second-order valence-electron chi connectivity index (χ2n) is 10.4. The number of likely N-dealkylation sites (tertiary alicyclic amines) is 1. The Morgan fingerprint density at radius 2 is 1.29 bits per heavy atom. The fourth-order valence-electron chi connectivity index (χ4n) is 5.31. The van der Waals surface area contributed by atoms with E-state index in [0.717, 1.165) is 0 Å². The first kappa shape index (κ1) is 21.5. The zero-order valence-electron chi connectivity index (χ0n) is 18.2. The second-order valence-corrected chi connectivity index (χ2v) is 10.4. The van der Waals surface area contributed by atoms with E-state index < -0.39 is 0 Å². The van der Waals surface area contributed by atoms with Crippen molar-refractivity contribution in [3.8, 4) is 0 Å². The Labute approximate surface area is 151 Å². The van der Waals surface area contributed by atoms with Crippen LogP contribution < -0.4 is 0 Å². The first-order valence-corrected chi connectivity index (χ1v) is 10.1. The third kappa shape index (κ3) is 4.35. The largest absolute Gasteiger partial charge is 0.337 e. The van der Waals surface area contributed by atoms with Crippen molar-refractivity contribution in [3.05, 3.63) is 0 Å². The lowest BCUT2D eigenvalue weighted by Gasteiger charge is -2.48. The Morgan fingerprint density at radius 1 is 0.833 bits per heavy atom. The van der Waals surface area contributed by atoms with E-state index in [1.807, 2.05) is 0 Å². The molecule has 0 saturated carbocycles. The fourth-order valence-corrected chi connectivity index (χ4v) is 5.31. The van der Waals surface area contributed by atoms with Crippen LogP contribution in [0.15, 0.2) is 0 Å². The highest BCUT2D eigenvalue weighted by Gasteiger charge is 2.50. The lowest BCUT2D eigenvalue weighted by atomic mass is 9.60. The number of carbonyl (C=O) groups excluding carboxylic acids is 1. The van der Waals surface area contributed by atoms with E-state index in [9.17, 15) is 4.79 Å². The molecule has 2 heteroatoms. The van der Waals surface area contributed by atoms with Gasteiger partial charge >= 0.3 is 0 Å². The van der Waals surface area contributed by atoms with Crippen LogP contribution in [0, 0.1) is 40.9 Å². The molecule has 0 spiro atoms. The minimum Gasteiger partial charge on any atom is -0.337 e. The molecule has 0 N–H and O–H groups in total. The van der Waals surface area contributed by atoms with Gasteiger partial charge in [-0.25, -0.2) is 0 Å². The van der Waals surface area contributed by atoms with Gasteiger partial charge < -0.3 is 4.90 Å². The molecule has 2 nitrogen and oxygen atoms in total. The Hall–Kier alpha value is -0.530. The topological polar surface area (TPSA) is 20.3 Å². The summed E-state index contributed by atoms with van der Waals surface area (Å²) in [4.78, 5) is 15.5. The zero-order chi connectivity index (χ0) is 19.0. The number of rotatable bonds is 4. The van der Waals surface area contributed by atoms with Gasteiger partial charge in [-0.05, 0) is 54.8 Å². The van der Waals surface area contributed by atoms with Crippen LogP contribution in [-0.2, 0) is 4.79 Å². The second kappa shape index (κ2) is 7.79. The molecule has 4 atom stereocenters. The van der Waals surface area contributed by atoms with E-state index in [4.69, 9.17) is 0 Å². The highest BCUT2D eigenvalue weighted by molar-refractivity contribution is 5.77. The normalized spacial score (nSPS) is 30.0. The fraction of sp³-hybridized carbons (Fsp3) is 0.955. The Morgan fingerprint density at radius 3 is 1.58 bits per heavy atom. The van der Waals surface area contributed by atoms with Crippen molar-refractivity contribution in [2.45, 2.75) is 94.7 Å². The first-order chi connectivity index (χ1) is 10.8. The van der Waals surface area contributed by atoms with Gasteiger partial charge in [-0.15, -0.1) is 0 Å². The zero-order valence-corrected chi connectivity index (χ0v) is 18.2. The molecule has 24 heavy (non-hydrogen) atoms. The van der Waals surface area contributed by atoms with Crippen LogP contribution in [0.5, 0.6) is 0 Å². The third-order valence-electron chi connectivity index (χ3n) is 6.20. The maximum atomic E-state index is 13.3. The van der Waals surface area contributed by atoms with Gasteiger partial charge in [0, 0.05) is 18.5 Å². The van der Waals surface area contributed by atoms with Crippen LogP contribution >= 0.6 is 0 Å². The molecule has 1 rings (SSSR count). The van der Waals surface area contributed by atoms with Crippen molar-refractivity contribution in [1.82, 2.24) is 4.90 Å². The molecule has 0 aliphatic carbocycles.